The zero-order chi connectivity index (χ0) is 12.7. The maximum absolute atomic E-state index is 11.3. The molecule has 96 valence electrons. The summed E-state index contributed by atoms with van der Waals surface area (Å²) in [7, 11) is -3.49. The number of primary sulfonamides is 1. The van der Waals surface area contributed by atoms with Crippen molar-refractivity contribution in [3.63, 3.8) is 0 Å². The van der Waals surface area contributed by atoms with E-state index in [0.717, 1.165) is 12.8 Å². The molecule has 1 aromatic heterocycles. The van der Waals surface area contributed by atoms with Gasteiger partial charge in [0, 0.05) is 17.8 Å². The molecule has 1 aromatic rings. The molecule has 3 N–H and O–H groups in total. The van der Waals surface area contributed by atoms with Gasteiger partial charge in [0.25, 0.3) is 0 Å². The zero-order valence-electron chi connectivity index (χ0n) is 9.39. The van der Waals surface area contributed by atoms with Crippen molar-refractivity contribution >= 4 is 27.3 Å². The van der Waals surface area contributed by atoms with E-state index in [2.05, 4.69) is 5.32 Å². The van der Waals surface area contributed by atoms with Gasteiger partial charge in [0.1, 0.15) is 0 Å². The van der Waals surface area contributed by atoms with E-state index in [1.165, 1.54) is 4.88 Å². The lowest BCUT2D eigenvalue weighted by molar-refractivity contribution is -0.121. The Bertz CT molecular complexity index is 440. The Morgan fingerprint density at radius 1 is 1.47 bits per heavy atom. The van der Waals surface area contributed by atoms with Crippen LogP contribution in [0.3, 0.4) is 0 Å². The summed E-state index contributed by atoms with van der Waals surface area (Å²) in [5.74, 6) is -0.353. The van der Waals surface area contributed by atoms with Crippen LogP contribution in [-0.2, 0) is 21.2 Å². The SMILES string of the molecule is NS(=O)(=O)CCNC(=O)CCCc1cccs1. The highest BCUT2D eigenvalue weighted by molar-refractivity contribution is 7.89. The van der Waals surface area contributed by atoms with Crippen molar-refractivity contribution in [1.29, 1.82) is 0 Å². The standard InChI is InChI=1S/C10H16N2O3S2/c11-17(14,15)8-6-12-10(13)5-1-3-9-4-2-7-16-9/h2,4,7H,1,3,5-6,8H2,(H,12,13)(H2,11,14,15). The molecule has 7 heteroatoms. The van der Waals surface area contributed by atoms with Gasteiger partial charge in [-0.2, -0.15) is 0 Å². The van der Waals surface area contributed by atoms with Gasteiger partial charge in [0.2, 0.25) is 15.9 Å². The highest BCUT2D eigenvalue weighted by Crippen LogP contribution is 2.11. The molecule has 0 saturated carbocycles. The molecule has 0 unspecified atom stereocenters. The van der Waals surface area contributed by atoms with Gasteiger partial charge in [0.15, 0.2) is 0 Å². The van der Waals surface area contributed by atoms with Gasteiger partial charge < -0.3 is 5.32 Å². The van der Waals surface area contributed by atoms with Crippen LogP contribution in [0.1, 0.15) is 17.7 Å². The first-order valence-electron chi connectivity index (χ1n) is 5.27. The van der Waals surface area contributed by atoms with Crippen LogP contribution < -0.4 is 10.5 Å². The molecule has 0 radical (unpaired) electrons. The molecule has 1 heterocycles. The number of thiophene rings is 1. The van der Waals surface area contributed by atoms with Crippen molar-refractivity contribution in [2.45, 2.75) is 19.3 Å². The average Bonchev–Trinajstić information content (AvgIpc) is 2.68. The van der Waals surface area contributed by atoms with Crippen LogP contribution in [0, 0.1) is 0 Å². The fourth-order valence-corrected chi connectivity index (χ4v) is 2.44. The average molecular weight is 276 g/mol. The predicted octanol–water partition coefficient (Wildman–Crippen LogP) is 0.476. The number of hydrogen-bond acceptors (Lipinski definition) is 4. The third kappa shape index (κ3) is 7.09. The molecule has 0 fully saturated rings. The van der Waals surface area contributed by atoms with Gasteiger partial charge in [-0.05, 0) is 24.3 Å². The highest BCUT2D eigenvalue weighted by Gasteiger charge is 2.05. The first-order valence-corrected chi connectivity index (χ1v) is 7.86. The van der Waals surface area contributed by atoms with Crippen molar-refractivity contribution in [3.8, 4) is 0 Å². The van der Waals surface area contributed by atoms with Crippen molar-refractivity contribution in [2.24, 2.45) is 5.14 Å². The summed E-state index contributed by atoms with van der Waals surface area (Å²) in [6.07, 6.45) is 2.05. The monoisotopic (exact) mass is 276 g/mol. The van der Waals surface area contributed by atoms with E-state index in [4.69, 9.17) is 5.14 Å². The molecule has 1 rings (SSSR count). The van der Waals surface area contributed by atoms with Gasteiger partial charge in [-0.25, -0.2) is 13.6 Å². The van der Waals surface area contributed by atoms with E-state index >= 15 is 0 Å². The number of nitrogens with two attached hydrogens (primary N) is 1. The number of sulfonamides is 1. The molecule has 1 amide bonds. The van der Waals surface area contributed by atoms with E-state index in [9.17, 15) is 13.2 Å². The first kappa shape index (κ1) is 14.1. The highest BCUT2D eigenvalue weighted by atomic mass is 32.2. The van der Waals surface area contributed by atoms with E-state index in [0.29, 0.717) is 6.42 Å². The Balaban J connectivity index is 2.09. The van der Waals surface area contributed by atoms with Crippen LogP contribution in [-0.4, -0.2) is 26.6 Å². The van der Waals surface area contributed by atoms with Crippen LogP contribution in [0.15, 0.2) is 17.5 Å². The lowest BCUT2D eigenvalue weighted by Gasteiger charge is -2.03. The van der Waals surface area contributed by atoms with Crippen molar-refractivity contribution in [2.75, 3.05) is 12.3 Å². The molecule has 0 aromatic carbocycles. The van der Waals surface area contributed by atoms with Crippen LogP contribution in [0.5, 0.6) is 0 Å². The number of hydrogen-bond donors (Lipinski definition) is 2. The number of carbonyl (C=O) groups excluding carboxylic acids is 1. The number of nitrogens with one attached hydrogen (secondary N) is 1. The van der Waals surface area contributed by atoms with Gasteiger partial charge >= 0.3 is 0 Å². The Morgan fingerprint density at radius 2 is 2.24 bits per heavy atom. The third-order valence-electron chi connectivity index (χ3n) is 2.12. The maximum Gasteiger partial charge on any atom is 0.220 e. The number of aryl methyl sites for hydroxylation is 1. The largest absolute Gasteiger partial charge is 0.355 e. The fraction of sp³-hybridized carbons (Fsp3) is 0.500. The molecule has 0 spiro atoms. The molecule has 0 bridgehead atoms. The summed E-state index contributed by atoms with van der Waals surface area (Å²) in [6, 6.07) is 4.01. The minimum absolute atomic E-state index is 0.0800. The smallest absolute Gasteiger partial charge is 0.220 e. The minimum atomic E-state index is -3.49. The maximum atomic E-state index is 11.3. The Morgan fingerprint density at radius 3 is 2.82 bits per heavy atom. The topological polar surface area (TPSA) is 89.3 Å². The second-order valence-electron chi connectivity index (χ2n) is 3.65. The quantitative estimate of drug-likeness (QED) is 0.759. The molecule has 5 nitrogen and oxygen atoms in total. The molecule has 0 aliphatic carbocycles. The summed E-state index contributed by atoms with van der Waals surface area (Å²) in [5, 5.41) is 9.33. The van der Waals surface area contributed by atoms with E-state index < -0.39 is 10.0 Å². The normalized spacial score (nSPS) is 11.4. The van der Waals surface area contributed by atoms with Gasteiger partial charge in [-0.15, -0.1) is 11.3 Å². The van der Waals surface area contributed by atoms with Gasteiger partial charge in [0.05, 0.1) is 5.75 Å². The fourth-order valence-electron chi connectivity index (χ4n) is 1.30. The second-order valence-corrected chi connectivity index (χ2v) is 6.42. The third-order valence-corrected chi connectivity index (χ3v) is 3.83. The van der Waals surface area contributed by atoms with Crippen LogP contribution in [0.4, 0.5) is 0 Å². The van der Waals surface area contributed by atoms with E-state index in [1.807, 2.05) is 17.5 Å². The summed E-state index contributed by atoms with van der Waals surface area (Å²) in [4.78, 5) is 12.6. The number of rotatable bonds is 7. The van der Waals surface area contributed by atoms with Crippen molar-refractivity contribution < 1.29 is 13.2 Å². The van der Waals surface area contributed by atoms with Crippen molar-refractivity contribution in [3.05, 3.63) is 22.4 Å². The van der Waals surface area contributed by atoms with Crippen molar-refractivity contribution in [1.82, 2.24) is 5.32 Å². The number of amides is 1. The van der Waals surface area contributed by atoms with Crippen LogP contribution in [0.25, 0.3) is 0 Å². The Hall–Kier alpha value is -0.920. The molecular weight excluding hydrogens is 260 g/mol. The molecule has 0 saturated heterocycles. The molecule has 0 aliphatic rings. The van der Waals surface area contributed by atoms with Gasteiger partial charge in [-0.1, -0.05) is 6.07 Å². The molecular formula is C10H16N2O3S2. The van der Waals surface area contributed by atoms with E-state index in [-0.39, 0.29) is 18.2 Å². The second kappa shape index (κ2) is 6.73. The zero-order valence-corrected chi connectivity index (χ0v) is 11.0. The summed E-state index contributed by atoms with van der Waals surface area (Å²) >= 11 is 1.67. The summed E-state index contributed by atoms with van der Waals surface area (Å²) in [5.41, 5.74) is 0. The van der Waals surface area contributed by atoms with Crippen LogP contribution in [0.2, 0.25) is 0 Å². The summed E-state index contributed by atoms with van der Waals surface area (Å²) in [6.45, 7) is 0.0800. The Kier molecular flexibility index (Phi) is 5.60. The first-order chi connectivity index (χ1) is 7.97. The van der Waals surface area contributed by atoms with Gasteiger partial charge in [-0.3, -0.25) is 4.79 Å². The Labute approximate surface area is 105 Å². The molecule has 0 atom stereocenters. The van der Waals surface area contributed by atoms with E-state index in [1.54, 1.807) is 11.3 Å². The van der Waals surface area contributed by atoms with Crippen LogP contribution >= 0.6 is 11.3 Å². The minimum Gasteiger partial charge on any atom is -0.355 e. The number of carbonyl (C=O) groups is 1. The lowest BCUT2D eigenvalue weighted by Crippen LogP contribution is -2.31. The molecule has 0 aliphatic heterocycles. The lowest BCUT2D eigenvalue weighted by atomic mass is 10.2. The predicted molar refractivity (Wildman–Crippen MR) is 68.2 cm³/mol. The summed E-state index contributed by atoms with van der Waals surface area (Å²) < 4.78 is 21.2. The molecule has 17 heavy (non-hydrogen) atoms.